The molecule has 9 heteroatoms. The van der Waals surface area contributed by atoms with Crippen molar-refractivity contribution in [1.82, 2.24) is 13.7 Å². The fourth-order valence-electron chi connectivity index (χ4n) is 18.8. The third-order valence-electron chi connectivity index (χ3n) is 24.1. The van der Waals surface area contributed by atoms with Crippen molar-refractivity contribution in [2.75, 3.05) is 0 Å². The highest BCUT2D eigenvalue weighted by atomic mass is 32.1. The Hall–Kier alpha value is -14.8. The largest absolute Gasteiger partial charge is 0.456 e. The molecule has 27 aromatic rings. The Morgan fingerprint density at radius 2 is 0.597 bits per heavy atom. The third kappa shape index (κ3) is 10.6. The van der Waals surface area contributed by atoms with Crippen LogP contribution >= 0.6 is 34.0 Å². The average Bonchev–Trinajstić information content (AvgIpc) is 1.56. The predicted octanol–water partition coefficient (Wildman–Crippen LogP) is 32.7. The molecule has 0 fully saturated rings. The summed E-state index contributed by atoms with van der Waals surface area (Å²) in [6, 6.07) is 141. The Kier molecular flexibility index (Phi) is 15.2. The van der Waals surface area contributed by atoms with E-state index < -0.39 is 0 Å². The predicted molar refractivity (Wildman–Crippen MR) is 507 cm³/mol. The van der Waals surface area contributed by atoms with E-state index in [9.17, 15) is 0 Å². The topological polar surface area (TPSA) is 54.2 Å². The molecular formula is C110H65N3O3S3. The van der Waals surface area contributed by atoms with Gasteiger partial charge in [0.15, 0.2) is 0 Å². The van der Waals surface area contributed by atoms with E-state index in [1.165, 1.54) is 176 Å². The minimum absolute atomic E-state index is 0.910. The molecule has 0 aliphatic rings. The Morgan fingerprint density at radius 1 is 0.193 bits per heavy atom. The first-order valence-electron chi connectivity index (χ1n) is 40.2. The first kappa shape index (κ1) is 67.5. The van der Waals surface area contributed by atoms with E-state index >= 15 is 0 Å². The number of rotatable bonds is 7. The molecule has 9 heterocycles. The second kappa shape index (κ2) is 26.9. The SMILES string of the molecule is c1ccc(-c2cccc3c2oc2cccc(-c4cccc5sc6c7ccccc7n(-c7ccccc7)c6c45)c23)cc1.c1ccc(-n2c3ccccc3c3sc4c(-c5ccc6c(c5)oc5cc7ccccc7cc56)cccc4c32)cc1.c1ccc(-n2c3ccccc3c3sc4cc(-c5ccc6c(c5)oc5cc7ccccc7cc56)ccc4c32)cc1. The Bertz CT molecular complexity index is 8810. The van der Waals surface area contributed by atoms with Crippen LogP contribution in [0.1, 0.15) is 0 Å². The van der Waals surface area contributed by atoms with E-state index in [1.807, 2.05) is 34.0 Å². The summed E-state index contributed by atoms with van der Waals surface area (Å²) in [5.74, 6) is 0. The van der Waals surface area contributed by atoms with E-state index in [1.54, 1.807) is 0 Å². The van der Waals surface area contributed by atoms with Crippen LogP contribution in [0.2, 0.25) is 0 Å². The van der Waals surface area contributed by atoms with Crippen LogP contribution in [0.4, 0.5) is 0 Å². The van der Waals surface area contributed by atoms with Crippen LogP contribution in [0.5, 0.6) is 0 Å². The fraction of sp³-hybridized carbons (Fsp3) is 0. The second-order valence-corrected chi connectivity index (χ2v) is 33.9. The molecule has 0 unspecified atom stereocenters. The van der Waals surface area contributed by atoms with Crippen LogP contribution in [-0.4, -0.2) is 13.7 Å². The zero-order valence-electron chi connectivity index (χ0n) is 63.8. The zero-order chi connectivity index (χ0) is 77.9. The number of hydrogen-bond donors (Lipinski definition) is 0. The summed E-state index contributed by atoms with van der Waals surface area (Å²) < 4.78 is 34.5. The highest BCUT2D eigenvalue weighted by molar-refractivity contribution is 7.28. The van der Waals surface area contributed by atoms with Gasteiger partial charge in [-0.2, -0.15) is 0 Å². The second-order valence-electron chi connectivity index (χ2n) is 30.8. The molecule has 9 aromatic heterocycles. The van der Waals surface area contributed by atoms with Gasteiger partial charge < -0.3 is 27.0 Å². The number of para-hydroxylation sites is 7. The van der Waals surface area contributed by atoms with Gasteiger partial charge >= 0.3 is 0 Å². The van der Waals surface area contributed by atoms with Crippen molar-refractivity contribution in [3.05, 3.63) is 394 Å². The van der Waals surface area contributed by atoms with E-state index in [4.69, 9.17) is 13.3 Å². The Labute approximate surface area is 692 Å². The monoisotopic (exact) mass is 1570 g/mol. The standard InChI is InChI=1S/C38H23NOS.2C36H21NOS/c1-3-12-24(13-4-1)26-17-9-20-30-34-27(18-10-22-32(34)40-37(26)30)28-19-11-23-33-35(28)36-38(41-33)29-16-7-8-21-31(29)39(36)25-14-5-2-6-15-25;1-2-11-25(12-3-1)37-31-16-7-6-13-28(31)36-34(37)29-15-8-14-26(35(29)39-36)24-17-18-27-30-19-22-9-4-5-10-23(22)20-33(30)38-32(27)21-24;1-2-10-26(11-3-1)37-31-13-7-6-12-28(31)36-35(37)29-17-15-25(21-34(29)39-36)24-14-16-27-30-18-22-8-4-5-9-23(22)19-33(30)38-32(27)20-24/h1-23H;2*1-21H. The van der Waals surface area contributed by atoms with Crippen LogP contribution in [0, 0.1) is 0 Å². The number of hydrogen-bond acceptors (Lipinski definition) is 6. The first-order chi connectivity index (χ1) is 59.0. The van der Waals surface area contributed by atoms with Gasteiger partial charge in [0.2, 0.25) is 0 Å². The summed E-state index contributed by atoms with van der Waals surface area (Å²) in [5.41, 5.74) is 26.2. The molecule has 556 valence electrons. The molecular weight excluding hydrogens is 1510 g/mol. The van der Waals surface area contributed by atoms with Crippen LogP contribution in [0.15, 0.2) is 408 Å². The number of fused-ring (bicyclic) bond motifs is 26. The zero-order valence-corrected chi connectivity index (χ0v) is 66.3. The fourth-order valence-corrected chi connectivity index (χ4v) is 22.7. The van der Waals surface area contributed by atoms with Crippen molar-refractivity contribution in [3.8, 4) is 61.6 Å². The molecule has 0 aliphatic heterocycles. The third-order valence-corrected chi connectivity index (χ3v) is 27.8. The van der Waals surface area contributed by atoms with Crippen molar-refractivity contribution < 1.29 is 13.3 Å². The average molecular weight is 1570 g/mol. The number of benzene rings is 18. The van der Waals surface area contributed by atoms with Gasteiger partial charge in [-0.3, -0.25) is 0 Å². The van der Waals surface area contributed by atoms with Crippen LogP contribution in [-0.2, 0) is 0 Å². The van der Waals surface area contributed by atoms with Crippen LogP contribution in [0.25, 0.3) is 243 Å². The summed E-state index contributed by atoms with van der Waals surface area (Å²) >= 11 is 5.65. The summed E-state index contributed by atoms with van der Waals surface area (Å²) in [6.07, 6.45) is 0. The lowest BCUT2D eigenvalue weighted by Crippen LogP contribution is -1.93. The van der Waals surface area contributed by atoms with Crippen LogP contribution < -0.4 is 0 Å². The van der Waals surface area contributed by atoms with E-state index in [-0.39, 0.29) is 0 Å². The maximum Gasteiger partial charge on any atom is 0.143 e. The lowest BCUT2D eigenvalue weighted by Gasteiger charge is -2.11. The Morgan fingerprint density at radius 3 is 1.18 bits per heavy atom. The normalized spacial score (nSPS) is 12.0. The van der Waals surface area contributed by atoms with Crippen molar-refractivity contribution in [2.45, 2.75) is 0 Å². The maximum absolute atomic E-state index is 6.62. The highest BCUT2D eigenvalue weighted by Crippen LogP contribution is 2.52. The van der Waals surface area contributed by atoms with Crippen molar-refractivity contribution >= 4 is 215 Å². The van der Waals surface area contributed by atoms with E-state index in [2.05, 4.69) is 408 Å². The Balaban J connectivity index is 0.0000000992. The van der Waals surface area contributed by atoms with Crippen LogP contribution in [0.3, 0.4) is 0 Å². The molecule has 18 aromatic carbocycles. The lowest BCUT2D eigenvalue weighted by atomic mass is 9.95. The van der Waals surface area contributed by atoms with Gasteiger partial charge in [0.05, 0.1) is 47.2 Å². The van der Waals surface area contributed by atoms with Gasteiger partial charge in [0.1, 0.15) is 33.5 Å². The molecule has 27 rings (SSSR count). The summed E-state index contributed by atoms with van der Waals surface area (Å²) in [5, 5.41) is 19.6. The molecule has 0 saturated heterocycles. The van der Waals surface area contributed by atoms with Gasteiger partial charge in [-0.15, -0.1) is 34.0 Å². The molecule has 0 N–H and O–H groups in total. The van der Waals surface area contributed by atoms with E-state index in [0.29, 0.717) is 0 Å². The van der Waals surface area contributed by atoms with Crippen molar-refractivity contribution in [3.63, 3.8) is 0 Å². The van der Waals surface area contributed by atoms with Crippen molar-refractivity contribution in [2.24, 2.45) is 0 Å². The quantitative estimate of drug-likeness (QED) is 0.160. The lowest BCUT2D eigenvalue weighted by molar-refractivity contribution is 0.669. The number of furan rings is 3. The molecule has 119 heavy (non-hydrogen) atoms. The molecule has 0 atom stereocenters. The molecule has 6 nitrogen and oxygen atoms in total. The molecule has 0 saturated carbocycles. The van der Waals surface area contributed by atoms with Gasteiger partial charge in [0, 0.05) is 101 Å². The maximum atomic E-state index is 6.62. The summed E-state index contributed by atoms with van der Waals surface area (Å²) in [6.45, 7) is 0. The number of nitrogens with zero attached hydrogens (tertiary/aromatic N) is 3. The molecule has 0 radical (unpaired) electrons. The molecule has 0 aliphatic carbocycles. The molecule has 0 amide bonds. The first-order valence-corrected chi connectivity index (χ1v) is 42.7. The van der Waals surface area contributed by atoms with Crippen molar-refractivity contribution in [1.29, 1.82) is 0 Å². The molecule has 0 bridgehead atoms. The van der Waals surface area contributed by atoms with Gasteiger partial charge in [-0.1, -0.05) is 273 Å². The minimum Gasteiger partial charge on any atom is -0.456 e. The summed E-state index contributed by atoms with van der Waals surface area (Å²) in [7, 11) is 0. The smallest absolute Gasteiger partial charge is 0.143 e. The minimum atomic E-state index is 0.910. The van der Waals surface area contributed by atoms with E-state index in [0.717, 1.165) is 66.2 Å². The number of thiophene rings is 3. The molecule has 0 spiro atoms. The van der Waals surface area contributed by atoms with Gasteiger partial charge in [-0.25, -0.2) is 0 Å². The highest BCUT2D eigenvalue weighted by Gasteiger charge is 2.26. The van der Waals surface area contributed by atoms with Gasteiger partial charge in [0.25, 0.3) is 0 Å². The number of aromatic nitrogens is 3. The summed E-state index contributed by atoms with van der Waals surface area (Å²) in [4.78, 5) is 0. The van der Waals surface area contributed by atoms with Gasteiger partial charge in [-0.05, 0) is 182 Å².